The van der Waals surface area contributed by atoms with E-state index in [0.717, 1.165) is 103 Å². The molecule has 0 heterocycles. The molecular formula is C45H87NO6. The zero-order valence-electron chi connectivity index (χ0n) is 35.5. The minimum Gasteiger partial charge on any atom is -0.466 e. The number of nitrogens with zero attached hydrogens (tertiary/aromatic N) is 1. The van der Waals surface area contributed by atoms with E-state index in [1.807, 2.05) is 14.1 Å². The summed E-state index contributed by atoms with van der Waals surface area (Å²) in [5, 5.41) is 0. The van der Waals surface area contributed by atoms with E-state index in [1.165, 1.54) is 77.0 Å². The lowest BCUT2D eigenvalue weighted by Gasteiger charge is -2.18. The van der Waals surface area contributed by atoms with Crippen molar-refractivity contribution in [3.8, 4) is 0 Å². The van der Waals surface area contributed by atoms with Crippen LogP contribution in [-0.2, 0) is 28.6 Å². The number of hydrogen-bond acceptors (Lipinski definition) is 7. The maximum absolute atomic E-state index is 12.6. The molecule has 0 aromatic carbocycles. The minimum atomic E-state index is -0.0760. The van der Waals surface area contributed by atoms with Crippen LogP contribution >= 0.6 is 0 Å². The third-order valence-electron chi connectivity index (χ3n) is 10.5. The molecule has 0 aromatic heterocycles. The third kappa shape index (κ3) is 34.2. The fraction of sp³-hybridized carbons (Fsp3) is 0.933. The molecule has 0 amide bonds. The van der Waals surface area contributed by atoms with Crippen molar-refractivity contribution >= 4 is 17.9 Å². The van der Waals surface area contributed by atoms with Crippen molar-refractivity contribution in [1.29, 1.82) is 0 Å². The van der Waals surface area contributed by atoms with Crippen molar-refractivity contribution in [1.82, 2.24) is 4.90 Å². The van der Waals surface area contributed by atoms with Crippen molar-refractivity contribution in [3.05, 3.63) is 0 Å². The van der Waals surface area contributed by atoms with E-state index in [9.17, 15) is 14.4 Å². The van der Waals surface area contributed by atoms with Gasteiger partial charge in [0.1, 0.15) is 6.10 Å². The highest BCUT2D eigenvalue weighted by Crippen LogP contribution is 2.22. The maximum Gasteiger partial charge on any atom is 0.306 e. The van der Waals surface area contributed by atoms with E-state index in [0.29, 0.717) is 44.3 Å². The highest BCUT2D eigenvalue weighted by atomic mass is 16.5. The Morgan fingerprint density at radius 1 is 0.423 bits per heavy atom. The van der Waals surface area contributed by atoms with E-state index in [-0.39, 0.29) is 24.0 Å². The summed E-state index contributed by atoms with van der Waals surface area (Å²) in [6.07, 6.45) is 31.4. The maximum atomic E-state index is 12.6. The molecule has 52 heavy (non-hydrogen) atoms. The first kappa shape index (κ1) is 50.4. The SMILES string of the molecule is CCCCC(CCCC)CCOC(=O)CCCCCCCC(CCCCCCCC(=O)OCCC(CCCC)CCCC)OC(=O)CCCN(C)C. The molecule has 0 aromatic rings. The van der Waals surface area contributed by atoms with Gasteiger partial charge >= 0.3 is 17.9 Å². The van der Waals surface area contributed by atoms with Gasteiger partial charge in [-0.3, -0.25) is 14.4 Å². The van der Waals surface area contributed by atoms with E-state index >= 15 is 0 Å². The van der Waals surface area contributed by atoms with Crippen LogP contribution in [0.25, 0.3) is 0 Å². The molecule has 0 N–H and O–H groups in total. The van der Waals surface area contributed by atoms with Crippen LogP contribution in [0.1, 0.15) is 220 Å². The fourth-order valence-electron chi connectivity index (χ4n) is 7.05. The topological polar surface area (TPSA) is 82.1 Å². The number of rotatable bonds is 39. The second kappa shape index (κ2) is 37.7. The van der Waals surface area contributed by atoms with Gasteiger partial charge < -0.3 is 19.1 Å². The van der Waals surface area contributed by atoms with Crippen molar-refractivity contribution in [2.24, 2.45) is 11.8 Å². The highest BCUT2D eigenvalue weighted by Gasteiger charge is 2.15. The van der Waals surface area contributed by atoms with Crippen LogP contribution in [0.5, 0.6) is 0 Å². The molecule has 0 saturated heterocycles. The summed E-state index contributed by atoms with van der Waals surface area (Å²) in [7, 11) is 4.05. The van der Waals surface area contributed by atoms with E-state index in [1.54, 1.807) is 0 Å². The first-order chi connectivity index (χ1) is 25.2. The lowest BCUT2D eigenvalue weighted by Crippen LogP contribution is -2.20. The van der Waals surface area contributed by atoms with Crippen LogP contribution in [0, 0.1) is 11.8 Å². The molecular weight excluding hydrogens is 650 g/mol. The molecule has 0 unspecified atom stereocenters. The second-order valence-electron chi connectivity index (χ2n) is 16.0. The standard InChI is InChI=1S/C45H87NO6/c1-7-11-26-40(27-12-8-2)35-38-50-43(47)32-23-19-15-17-21-30-42(52-45(49)34-25-37-46(5)6)31-22-18-16-20-24-33-44(48)51-39-36-41(28-13-9-3)29-14-10-4/h40-42H,7-39H2,1-6H3. The molecule has 308 valence electrons. The molecule has 0 bridgehead atoms. The van der Waals surface area contributed by atoms with Crippen LogP contribution in [0.15, 0.2) is 0 Å². The normalized spacial score (nSPS) is 11.7. The van der Waals surface area contributed by atoms with Gasteiger partial charge in [-0.25, -0.2) is 0 Å². The monoisotopic (exact) mass is 738 g/mol. The Balaban J connectivity index is 4.29. The number of unbranched alkanes of at least 4 members (excludes halogenated alkanes) is 12. The number of ether oxygens (including phenoxy) is 3. The van der Waals surface area contributed by atoms with Crippen LogP contribution in [0.3, 0.4) is 0 Å². The fourth-order valence-corrected chi connectivity index (χ4v) is 7.05. The zero-order valence-corrected chi connectivity index (χ0v) is 35.5. The smallest absolute Gasteiger partial charge is 0.306 e. The molecule has 0 atom stereocenters. The van der Waals surface area contributed by atoms with E-state index in [2.05, 4.69) is 32.6 Å². The summed E-state index contributed by atoms with van der Waals surface area (Å²) in [4.78, 5) is 39.2. The number of esters is 3. The average Bonchev–Trinajstić information content (AvgIpc) is 3.12. The van der Waals surface area contributed by atoms with Crippen molar-refractivity contribution in [2.75, 3.05) is 33.9 Å². The van der Waals surface area contributed by atoms with Gasteiger partial charge in [0.25, 0.3) is 0 Å². The summed E-state index contributed by atoms with van der Waals surface area (Å²) >= 11 is 0. The summed E-state index contributed by atoms with van der Waals surface area (Å²) in [5.41, 5.74) is 0. The third-order valence-corrected chi connectivity index (χ3v) is 10.5. The molecule has 0 rings (SSSR count). The number of hydrogen-bond donors (Lipinski definition) is 0. The Morgan fingerprint density at radius 2 is 0.788 bits per heavy atom. The molecule has 0 aliphatic heterocycles. The van der Waals surface area contributed by atoms with Crippen LogP contribution in [-0.4, -0.2) is 62.8 Å². The predicted molar refractivity (Wildman–Crippen MR) is 219 cm³/mol. The minimum absolute atomic E-state index is 0.0197. The van der Waals surface area contributed by atoms with E-state index in [4.69, 9.17) is 14.2 Å². The molecule has 0 aliphatic carbocycles. The Labute approximate surface area is 322 Å². The van der Waals surface area contributed by atoms with Crippen LogP contribution in [0.4, 0.5) is 0 Å². The molecule has 0 fully saturated rings. The Morgan fingerprint density at radius 3 is 1.17 bits per heavy atom. The van der Waals surface area contributed by atoms with Gasteiger partial charge in [0, 0.05) is 19.3 Å². The molecule has 0 spiro atoms. The predicted octanol–water partition coefficient (Wildman–Crippen LogP) is 12.6. The molecule has 0 saturated carbocycles. The summed E-state index contributed by atoms with van der Waals surface area (Å²) in [6, 6.07) is 0. The van der Waals surface area contributed by atoms with Gasteiger partial charge in [-0.05, 0) is 90.3 Å². The number of carbonyl (C=O) groups excluding carboxylic acids is 3. The van der Waals surface area contributed by atoms with E-state index < -0.39 is 0 Å². The molecule has 0 radical (unpaired) electrons. The van der Waals surface area contributed by atoms with Gasteiger partial charge in [-0.15, -0.1) is 0 Å². The zero-order chi connectivity index (χ0) is 38.5. The summed E-state index contributed by atoms with van der Waals surface area (Å²) in [6.45, 7) is 11.0. The average molecular weight is 738 g/mol. The van der Waals surface area contributed by atoms with Gasteiger partial charge in [0.2, 0.25) is 0 Å². The Bertz CT molecular complexity index is 750. The first-order valence-electron chi connectivity index (χ1n) is 22.4. The van der Waals surface area contributed by atoms with Gasteiger partial charge in [-0.2, -0.15) is 0 Å². The van der Waals surface area contributed by atoms with Crippen molar-refractivity contribution < 1.29 is 28.6 Å². The lowest BCUT2D eigenvalue weighted by atomic mass is 9.93. The van der Waals surface area contributed by atoms with Crippen LogP contribution < -0.4 is 0 Å². The van der Waals surface area contributed by atoms with Crippen molar-refractivity contribution in [3.63, 3.8) is 0 Å². The summed E-state index contributed by atoms with van der Waals surface area (Å²) in [5.74, 6) is 1.21. The Kier molecular flexibility index (Phi) is 36.5. The quantitative estimate of drug-likeness (QED) is 0.0353. The molecule has 7 heteroatoms. The lowest BCUT2D eigenvalue weighted by molar-refractivity contribution is -0.150. The number of carbonyl (C=O) groups is 3. The first-order valence-corrected chi connectivity index (χ1v) is 22.4. The molecule has 0 aliphatic rings. The van der Waals surface area contributed by atoms with Gasteiger partial charge in [0.15, 0.2) is 0 Å². The van der Waals surface area contributed by atoms with Crippen molar-refractivity contribution in [2.45, 2.75) is 226 Å². The second-order valence-corrected chi connectivity index (χ2v) is 16.0. The van der Waals surface area contributed by atoms with Gasteiger partial charge in [0.05, 0.1) is 13.2 Å². The largest absolute Gasteiger partial charge is 0.466 e. The molecule has 7 nitrogen and oxygen atoms in total. The highest BCUT2D eigenvalue weighted by molar-refractivity contribution is 5.70. The summed E-state index contributed by atoms with van der Waals surface area (Å²) < 4.78 is 17.1. The Hall–Kier alpha value is -1.63. The van der Waals surface area contributed by atoms with Gasteiger partial charge in [-0.1, -0.05) is 143 Å². The van der Waals surface area contributed by atoms with Crippen LogP contribution in [0.2, 0.25) is 0 Å².